The minimum atomic E-state index is -0.743. The van der Waals surface area contributed by atoms with E-state index in [1.165, 1.54) is 24.3 Å². The Labute approximate surface area is 326 Å². The van der Waals surface area contributed by atoms with Crippen molar-refractivity contribution in [2.75, 3.05) is 44.2 Å². The minimum Gasteiger partial charge on any atom is -0.508 e. The summed E-state index contributed by atoms with van der Waals surface area (Å²) in [5, 5.41) is 12.0. The van der Waals surface area contributed by atoms with Gasteiger partial charge in [0.15, 0.2) is 17.3 Å². The number of hydrogen-bond acceptors (Lipinski definition) is 11. The lowest BCUT2D eigenvalue weighted by Crippen LogP contribution is -2.53. The van der Waals surface area contributed by atoms with Crippen LogP contribution in [0.3, 0.4) is 0 Å². The van der Waals surface area contributed by atoms with E-state index in [1.807, 2.05) is 30.3 Å². The average molecular weight is 771 g/mol. The van der Waals surface area contributed by atoms with E-state index in [4.69, 9.17) is 34.9 Å². The zero-order valence-electron chi connectivity index (χ0n) is 31.3. The van der Waals surface area contributed by atoms with E-state index in [-0.39, 0.29) is 51.1 Å². The molecule has 0 saturated carbocycles. The van der Waals surface area contributed by atoms with Crippen molar-refractivity contribution >= 4 is 27.5 Å². The summed E-state index contributed by atoms with van der Waals surface area (Å²) in [5.41, 5.74) is 1.38. The minimum absolute atomic E-state index is 0.0192. The number of phenolic OH excluding ortho intramolecular Hbond substituents is 1. The van der Waals surface area contributed by atoms with Crippen molar-refractivity contribution in [3.63, 3.8) is 0 Å². The topological polar surface area (TPSA) is 121 Å². The molecule has 7 heterocycles. The highest BCUT2D eigenvalue weighted by atomic mass is 19.1. The van der Waals surface area contributed by atoms with Gasteiger partial charge in [-0.15, -0.1) is 6.42 Å². The van der Waals surface area contributed by atoms with Crippen molar-refractivity contribution in [1.29, 1.82) is 0 Å². The Morgan fingerprint density at radius 3 is 2.60 bits per heavy atom. The summed E-state index contributed by atoms with van der Waals surface area (Å²) in [7, 11) is 0. The van der Waals surface area contributed by atoms with Crippen molar-refractivity contribution in [1.82, 2.24) is 24.8 Å². The molecule has 0 radical (unpaired) electrons. The zero-order chi connectivity index (χ0) is 38.8. The molecular formula is C44H40F2N6O5. The molecule has 13 heteroatoms. The second kappa shape index (κ2) is 14.0. The highest BCUT2D eigenvalue weighted by molar-refractivity contribution is 6.03. The lowest BCUT2D eigenvalue weighted by molar-refractivity contribution is 0.107. The lowest BCUT2D eigenvalue weighted by atomic mass is 9.94. The van der Waals surface area contributed by atoms with Gasteiger partial charge in [0.05, 0.1) is 28.7 Å². The summed E-state index contributed by atoms with van der Waals surface area (Å²) in [4.78, 5) is 34.0. The maximum atomic E-state index is 17.4. The number of terminal acetylenes is 1. The van der Waals surface area contributed by atoms with Gasteiger partial charge >= 0.3 is 11.8 Å². The quantitative estimate of drug-likeness (QED) is 0.168. The summed E-state index contributed by atoms with van der Waals surface area (Å²) < 4.78 is 50.1. The molecule has 3 aromatic heterocycles. The standard InChI is InChI=1S/C44H40F2N6O5/c1-2-30-32(45)14-13-27-21-29(53)22-31(35(27)30)38-37(46)39-36-33(47-38)12-6-11-28-23-50(24-34-40(57-43(54)56-34)26-9-4-3-5-10-26)19-20-52(28)41(36)49-42(48-39)55-25-44-15-7-17-51(44)18-8-16-44/h1,3-5,9-10,13-14,21-22,28,53H,6-8,11-12,15-20,23-25H2. The molecule has 1 unspecified atom stereocenters. The summed E-state index contributed by atoms with van der Waals surface area (Å²) in [5.74, 6) is 1.63. The molecule has 290 valence electrons. The number of nitrogens with zero attached hydrogens (tertiary/aromatic N) is 6. The van der Waals surface area contributed by atoms with Gasteiger partial charge in [-0.1, -0.05) is 42.3 Å². The van der Waals surface area contributed by atoms with E-state index in [1.54, 1.807) is 0 Å². The molecule has 0 aliphatic carbocycles. The number of ether oxygens (including phenoxy) is 1. The van der Waals surface area contributed by atoms with Crippen LogP contribution in [0.2, 0.25) is 0 Å². The number of halogens is 2. The number of anilines is 1. The first kappa shape index (κ1) is 35.6. The van der Waals surface area contributed by atoms with Gasteiger partial charge < -0.3 is 23.6 Å². The molecule has 0 spiro atoms. The number of aryl methyl sites for hydroxylation is 1. The van der Waals surface area contributed by atoms with E-state index in [0.29, 0.717) is 73.0 Å². The molecule has 11 nitrogen and oxygen atoms in total. The summed E-state index contributed by atoms with van der Waals surface area (Å²) >= 11 is 0. The third kappa shape index (κ3) is 6.09. The second-order valence-corrected chi connectivity index (χ2v) is 15.7. The molecule has 3 fully saturated rings. The first-order chi connectivity index (χ1) is 27.8. The first-order valence-electron chi connectivity index (χ1n) is 19.7. The fourth-order valence-corrected chi connectivity index (χ4v) is 9.77. The predicted molar refractivity (Wildman–Crippen MR) is 210 cm³/mol. The van der Waals surface area contributed by atoms with Crippen molar-refractivity contribution < 1.29 is 27.5 Å². The van der Waals surface area contributed by atoms with E-state index < -0.39 is 17.5 Å². The number of rotatable bonds is 7. The van der Waals surface area contributed by atoms with Crippen LogP contribution in [0, 0.1) is 24.0 Å². The molecule has 3 saturated heterocycles. The van der Waals surface area contributed by atoms with Gasteiger partial charge in [-0.05, 0) is 81.6 Å². The normalized spacial score (nSPS) is 19.3. The van der Waals surface area contributed by atoms with E-state index in [9.17, 15) is 9.90 Å². The monoisotopic (exact) mass is 770 g/mol. The molecule has 57 heavy (non-hydrogen) atoms. The Balaban J connectivity index is 1.07. The van der Waals surface area contributed by atoms with Crippen LogP contribution < -0.4 is 15.5 Å². The number of aromatic hydroxyl groups is 1. The number of aromatic nitrogens is 3. The average Bonchev–Trinajstić information content (AvgIpc) is 3.91. The number of benzene rings is 3. The van der Waals surface area contributed by atoms with Gasteiger partial charge in [-0.2, -0.15) is 9.97 Å². The first-order valence-corrected chi connectivity index (χ1v) is 19.7. The van der Waals surface area contributed by atoms with Gasteiger partial charge in [0.25, 0.3) is 0 Å². The molecule has 4 aliphatic rings. The van der Waals surface area contributed by atoms with Crippen LogP contribution in [-0.4, -0.2) is 80.8 Å². The Hall–Kier alpha value is -5.84. The Kier molecular flexibility index (Phi) is 8.72. The van der Waals surface area contributed by atoms with Crippen LogP contribution in [0.4, 0.5) is 14.6 Å². The van der Waals surface area contributed by atoms with Crippen molar-refractivity contribution in [3.05, 3.63) is 93.9 Å². The lowest BCUT2D eigenvalue weighted by Gasteiger charge is -2.43. The molecule has 1 N–H and O–H groups in total. The van der Waals surface area contributed by atoms with Crippen LogP contribution in [0.5, 0.6) is 11.8 Å². The van der Waals surface area contributed by atoms with Crippen LogP contribution in [0.25, 0.3) is 44.3 Å². The highest BCUT2D eigenvalue weighted by Crippen LogP contribution is 2.43. The van der Waals surface area contributed by atoms with Crippen LogP contribution >= 0.6 is 0 Å². The molecule has 6 aromatic rings. The summed E-state index contributed by atoms with van der Waals surface area (Å²) in [6.07, 6.45) is 12.0. The predicted octanol–water partition coefficient (Wildman–Crippen LogP) is 7.06. The molecule has 0 bridgehead atoms. The van der Waals surface area contributed by atoms with E-state index in [2.05, 4.69) is 20.6 Å². The van der Waals surface area contributed by atoms with E-state index >= 15 is 8.78 Å². The molecule has 0 amide bonds. The van der Waals surface area contributed by atoms with E-state index in [0.717, 1.165) is 57.2 Å². The van der Waals surface area contributed by atoms with Crippen LogP contribution in [0.15, 0.2) is 68.2 Å². The smallest absolute Gasteiger partial charge is 0.508 e. The molecule has 10 rings (SSSR count). The van der Waals surface area contributed by atoms with Crippen molar-refractivity contribution in [3.8, 4) is 46.7 Å². The van der Waals surface area contributed by atoms with Crippen molar-refractivity contribution in [2.24, 2.45) is 0 Å². The highest BCUT2D eigenvalue weighted by Gasteiger charge is 2.45. The molecule has 3 aromatic carbocycles. The van der Waals surface area contributed by atoms with Crippen molar-refractivity contribution in [2.45, 2.75) is 63.1 Å². The van der Waals surface area contributed by atoms with Gasteiger partial charge in [-0.25, -0.2) is 18.6 Å². The largest absolute Gasteiger partial charge is 0.519 e. The summed E-state index contributed by atoms with van der Waals surface area (Å²) in [6, 6.07) is 15.1. The molecule has 1 atom stereocenters. The number of fused-ring (bicyclic) bond motifs is 4. The maximum absolute atomic E-state index is 17.4. The number of pyridine rings is 1. The Morgan fingerprint density at radius 2 is 1.79 bits per heavy atom. The van der Waals surface area contributed by atoms with Gasteiger partial charge in [0, 0.05) is 42.2 Å². The van der Waals surface area contributed by atoms with Crippen LogP contribution in [0.1, 0.15) is 55.5 Å². The summed E-state index contributed by atoms with van der Waals surface area (Å²) in [6.45, 7) is 4.59. The number of phenols is 1. The fraction of sp³-hybridized carbons (Fsp3) is 0.364. The Morgan fingerprint density at radius 1 is 0.965 bits per heavy atom. The Bertz CT molecular complexity index is 2650. The SMILES string of the molecule is C#Cc1c(F)ccc2cc(O)cc(-c3nc4c5c(nc(OCC67CCCN6CCC7)nc5c3F)N3CCN(Cc5oc(=O)oc5-c5ccccc5)CC3CCC4)c12. The maximum Gasteiger partial charge on any atom is 0.519 e. The second-order valence-electron chi connectivity index (χ2n) is 15.7. The van der Waals surface area contributed by atoms with Gasteiger partial charge in [0.2, 0.25) is 0 Å². The molecule has 4 aliphatic heterocycles. The fourth-order valence-electron chi connectivity index (χ4n) is 9.77. The molecular weight excluding hydrogens is 731 g/mol. The van der Waals surface area contributed by atoms with Gasteiger partial charge in [-0.3, -0.25) is 9.80 Å². The number of piperazine rings is 1. The zero-order valence-corrected chi connectivity index (χ0v) is 31.3. The third-order valence-electron chi connectivity index (χ3n) is 12.4. The van der Waals surface area contributed by atoms with Crippen LogP contribution in [-0.2, 0) is 13.0 Å². The third-order valence-corrected chi connectivity index (χ3v) is 12.4. The number of hydrogen-bond donors (Lipinski definition) is 1. The van der Waals surface area contributed by atoms with Gasteiger partial charge in [0.1, 0.15) is 35.2 Å².